The lowest BCUT2D eigenvalue weighted by Crippen LogP contribution is -2.20. The van der Waals surface area contributed by atoms with E-state index in [1.807, 2.05) is 19.1 Å². The first kappa shape index (κ1) is 14.7. The van der Waals surface area contributed by atoms with Gasteiger partial charge < -0.3 is 5.32 Å². The van der Waals surface area contributed by atoms with Crippen LogP contribution in [0.15, 0.2) is 42.5 Å². The first-order chi connectivity index (χ1) is 9.61. The second-order valence-corrected chi connectivity index (χ2v) is 4.89. The van der Waals surface area contributed by atoms with Gasteiger partial charge in [-0.25, -0.2) is 8.78 Å². The van der Waals surface area contributed by atoms with Crippen LogP contribution in [-0.4, -0.2) is 0 Å². The van der Waals surface area contributed by atoms with Gasteiger partial charge in [0.05, 0.1) is 0 Å². The largest absolute Gasteiger partial charge is 0.306 e. The van der Waals surface area contributed by atoms with Crippen molar-refractivity contribution in [2.75, 3.05) is 0 Å². The first-order valence-corrected chi connectivity index (χ1v) is 6.87. The summed E-state index contributed by atoms with van der Waals surface area (Å²) in [5.74, 6) is -0.792. The predicted molar refractivity (Wildman–Crippen MR) is 77.4 cm³/mol. The van der Waals surface area contributed by atoms with Gasteiger partial charge in [-0.15, -0.1) is 0 Å². The van der Waals surface area contributed by atoms with Gasteiger partial charge >= 0.3 is 0 Å². The lowest BCUT2D eigenvalue weighted by Gasteiger charge is -2.16. The average Bonchev–Trinajstić information content (AvgIpc) is 2.47. The number of halogens is 2. The van der Waals surface area contributed by atoms with E-state index in [4.69, 9.17) is 0 Å². The fourth-order valence-electron chi connectivity index (χ4n) is 2.29. The Hall–Kier alpha value is -1.74. The Labute approximate surface area is 118 Å². The van der Waals surface area contributed by atoms with Crippen LogP contribution in [-0.2, 0) is 13.0 Å². The molecule has 1 unspecified atom stereocenters. The molecule has 0 fully saturated rings. The van der Waals surface area contributed by atoms with Gasteiger partial charge in [-0.3, -0.25) is 0 Å². The van der Waals surface area contributed by atoms with Crippen molar-refractivity contribution in [2.45, 2.75) is 32.9 Å². The van der Waals surface area contributed by atoms with E-state index in [0.717, 1.165) is 12.5 Å². The van der Waals surface area contributed by atoms with E-state index in [1.165, 1.54) is 23.3 Å². The average molecular weight is 275 g/mol. The van der Waals surface area contributed by atoms with Crippen molar-refractivity contribution in [2.24, 2.45) is 0 Å². The number of hydrogen-bond donors (Lipinski definition) is 1. The van der Waals surface area contributed by atoms with Crippen LogP contribution in [0.3, 0.4) is 0 Å². The van der Waals surface area contributed by atoms with E-state index in [0.29, 0.717) is 12.1 Å². The van der Waals surface area contributed by atoms with Gasteiger partial charge in [-0.05, 0) is 42.7 Å². The van der Waals surface area contributed by atoms with Crippen LogP contribution in [0.4, 0.5) is 8.78 Å². The van der Waals surface area contributed by atoms with E-state index < -0.39 is 5.82 Å². The van der Waals surface area contributed by atoms with Gasteiger partial charge in [-0.1, -0.05) is 31.2 Å². The van der Waals surface area contributed by atoms with Crippen LogP contribution in [0, 0.1) is 11.6 Å². The minimum atomic E-state index is -0.413. The lowest BCUT2D eigenvalue weighted by atomic mass is 10.0. The Kier molecular flexibility index (Phi) is 4.85. The highest BCUT2D eigenvalue weighted by molar-refractivity contribution is 5.27. The maximum Gasteiger partial charge on any atom is 0.128 e. The van der Waals surface area contributed by atoms with Gasteiger partial charge in [0.25, 0.3) is 0 Å². The summed E-state index contributed by atoms with van der Waals surface area (Å²) >= 11 is 0. The van der Waals surface area contributed by atoms with Crippen LogP contribution in [0.25, 0.3) is 0 Å². The van der Waals surface area contributed by atoms with E-state index in [1.54, 1.807) is 0 Å². The van der Waals surface area contributed by atoms with Crippen molar-refractivity contribution in [3.8, 4) is 0 Å². The number of nitrogens with one attached hydrogen (secondary N) is 1. The molecule has 1 N–H and O–H groups in total. The predicted octanol–water partition coefficient (Wildman–Crippen LogP) is 4.38. The van der Waals surface area contributed by atoms with Gasteiger partial charge in [0, 0.05) is 18.2 Å². The molecule has 0 saturated heterocycles. The minimum Gasteiger partial charge on any atom is -0.306 e. The van der Waals surface area contributed by atoms with Crippen LogP contribution in [0.2, 0.25) is 0 Å². The number of aryl methyl sites for hydroxylation is 1. The second kappa shape index (κ2) is 6.62. The van der Waals surface area contributed by atoms with Crippen LogP contribution >= 0.6 is 0 Å². The lowest BCUT2D eigenvalue weighted by molar-refractivity contribution is 0.518. The normalized spacial score (nSPS) is 12.4. The molecule has 0 amide bonds. The topological polar surface area (TPSA) is 12.0 Å². The van der Waals surface area contributed by atoms with Crippen molar-refractivity contribution >= 4 is 0 Å². The highest BCUT2D eigenvalue weighted by Gasteiger charge is 2.12. The smallest absolute Gasteiger partial charge is 0.128 e. The molecule has 2 aromatic rings. The van der Waals surface area contributed by atoms with Gasteiger partial charge in [0.15, 0.2) is 0 Å². The van der Waals surface area contributed by atoms with E-state index in [9.17, 15) is 8.78 Å². The molecule has 0 heterocycles. The summed E-state index contributed by atoms with van der Waals surface area (Å²) in [6.45, 7) is 4.59. The highest BCUT2D eigenvalue weighted by Crippen LogP contribution is 2.19. The zero-order valence-corrected chi connectivity index (χ0v) is 11.8. The third kappa shape index (κ3) is 3.42. The molecule has 2 rings (SSSR count). The summed E-state index contributed by atoms with van der Waals surface area (Å²) in [7, 11) is 0. The van der Waals surface area contributed by atoms with Crippen molar-refractivity contribution in [3.05, 3.63) is 70.8 Å². The van der Waals surface area contributed by atoms with Gasteiger partial charge in [-0.2, -0.15) is 0 Å². The number of benzene rings is 2. The standard InChI is InChI=1S/C17H19F2N/c1-3-13-6-4-5-7-14(13)11-20-12(2)16-10-15(18)8-9-17(16)19/h4-10,12,20H,3,11H2,1-2H3. The summed E-state index contributed by atoms with van der Waals surface area (Å²) in [6, 6.07) is 11.5. The maximum absolute atomic E-state index is 13.7. The Bertz CT molecular complexity index is 581. The second-order valence-electron chi connectivity index (χ2n) is 4.89. The van der Waals surface area contributed by atoms with E-state index in [2.05, 4.69) is 24.4 Å². The summed E-state index contributed by atoms with van der Waals surface area (Å²) in [5.41, 5.74) is 2.82. The highest BCUT2D eigenvalue weighted by atomic mass is 19.1. The zero-order valence-electron chi connectivity index (χ0n) is 11.8. The van der Waals surface area contributed by atoms with Crippen molar-refractivity contribution in [1.29, 1.82) is 0 Å². The Morgan fingerprint density at radius 1 is 1.05 bits per heavy atom. The minimum absolute atomic E-state index is 0.240. The van der Waals surface area contributed by atoms with E-state index >= 15 is 0 Å². The zero-order chi connectivity index (χ0) is 14.5. The molecule has 0 radical (unpaired) electrons. The maximum atomic E-state index is 13.7. The molecule has 106 valence electrons. The van der Waals surface area contributed by atoms with Crippen molar-refractivity contribution < 1.29 is 8.78 Å². The summed E-state index contributed by atoms with van der Waals surface area (Å²) < 4.78 is 26.9. The third-order valence-corrected chi connectivity index (χ3v) is 3.52. The fourth-order valence-corrected chi connectivity index (χ4v) is 2.29. The molecular formula is C17H19F2N. The van der Waals surface area contributed by atoms with E-state index in [-0.39, 0.29) is 11.9 Å². The molecule has 0 aromatic heterocycles. The summed E-state index contributed by atoms with van der Waals surface area (Å²) in [4.78, 5) is 0. The third-order valence-electron chi connectivity index (χ3n) is 3.52. The Balaban J connectivity index is 2.08. The molecule has 0 aliphatic heterocycles. The van der Waals surface area contributed by atoms with Crippen molar-refractivity contribution in [1.82, 2.24) is 5.32 Å². The summed E-state index contributed by atoms with van der Waals surface area (Å²) in [5, 5.41) is 3.25. The monoisotopic (exact) mass is 275 g/mol. The molecule has 0 spiro atoms. The van der Waals surface area contributed by atoms with Crippen LogP contribution < -0.4 is 5.32 Å². The van der Waals surface area contributed by atoms with Gasteiger partial charge in [0.2, 0.25) is 0 Å². The number of hydrogen-bond acceptors (Lipinski definition) is 1. The van der Waals surface area contributed by atoms with Crippen molar-refractivity contribution in [3.63, 3.8) is 0 Å². The number of rotatable bonds is 5. The Morgan fingerprint density at radius 3 is 2.45 bits per heavy atom. The summed E-state index contributed by atoms with van der Waals surface area (Å²) in [6.07, 6.45) is 0.959. The van der Waals surface area contributed by atoms with Crippen LogP contribution in [0.5, 0.6) is 0 Å². The Morgan fingerprint density at radius 2 is 1.75 bits per heavy atom. The molecule has 1 nitrogen and oxygen atoms in total. The molecule has 3 heteroatoms. The first-order valence-electron chi connectivity index (χ1n) is 6.87. The molecule has 0 bridgehead atoms. The molecule has 2 aromatic carbocycles. The quantitative estimate of drug-likeness (QED) is 0.854. The molecule has 0 aliphatic carbocycles. The van der Waals surface area contributed by atoms with Gasteiger partial charge in [0.1, 0.15) is 11.6 Å². The molecule has 1 atom stereocenters. The molecular weight excluding hydrogens is 256 g/mol. The molecule has 0 saturated carbocycles. The van der Waals surface area contributed by atoms with Crippen LogP contribution in [0.1, 0.15) is 36.6 Å². The molecule has 0 aliphatic rings. The fraction of sp³-hybridized carbons (Fsp3) is 0.294. The SMILES string of the molecule is CCc1ccccc1CNC(C)c1cc(F)ccc1F. The molecule has 20 heavy (non-hydrogen) atoms.